The lowest BCUT2D eigenvalue weighted by Crippen LogP contribution is -2.23. The zero-order chi connectivity index (χ0) is 26.3. The molecule has 5 aromatic rings. The molecular formula is C31H28N8. The molecule has 8 heteroatoms. The van der Waals surface area contributed by atoms with Crippen LogP contribution in [-0.4, -0.2) is 35.9 Å². The van der Waals surface area contributed by atoms with Crippen molar-refractivity contribution in [1.29, 1.82) is 0 Å². The predicted molar refractivity (Wildman–Crippen MR) is 153 cm³/mol. The van der Waals surface area contributed by atoms with Crippen LogP contribution < -0.4 is 10.6 Å². The topological polar surface area (TPSA) is 104 Å². The van der Waals surface area contributed by atoms with Crippen LogP contribution in [0.25, 0.3) is 22.6 Å². The highest BCUT2D eigenvalue weighted by molar-refractivity contribution is 5.73. The minimum Gasteiger partial charge on any atom is -0.367 e. The number of H-pyrrole nitrogens is 1. The van der Waals surface area contributed by atoms with Crippen LogP contribution in [0.4, 0.5) is 17.5 Å². The Hall–Kier alpha value is -5.03. The molecule has 6 rings (SSSR count). The van der Waals surface area contributed by atoms with E-state index >= 15 is 0 Å². The molecule has 4 heterocycles. The van der Waals surface area contributed by atoms with E-state index in [1.165, 1.54) is 19.3 Å². The van der Waals surface area contributed by atoms with Crippen molar-refractivity contribution in [1.82, 2.24) is 29.9 Å². The van der Waals surface area contributed by atoms with Crippen LogP contribution in [0, 0.1) is 11.8 Å². The number of benzene rings is 1. The van der Waals surface area contributed by atoms with Gasteiger partial charge in [-0.25, -0.2) is 15.0 Å². The molecule has 4 aromatic heterocycles. The number of nitrogens with one attached hydrogen (secondary N) is 3. The third-order valence-corrected chi connectivity index (χ3v) is 6.68. The SMILES string of the molecule is C(#Cc1cc(-c2ncc[nH]2)ccn1)c1ccc(Nc2ncc(-c3ccccn3)c(NC3CCCCC3)n2)cc1. The Morgan fingerprint density at radius 3 is 2.51 bits per heavy atom. The third kappa shape index (κ3) is 6.11. The molecule has 1 saturated carbocycles. The van der Waals surface area contributed by atoms with Crippen molar-refractivity contribution >= 4 is 17.5 Å². The number of nitrogens with zero attached hydrogens (tertiary/aromatic N) is 5. The normalized spacial score (nSPS) is 13.3. The first-order valence-electron chi connectivity index (χ1n) is 13.2. The molecule has 0 bridgehead atoms. The zero-order valence-electron chi connectivity index (χ0n) is 21.4. The summed E-state index contributed by atoms with van der Waals surface area (Å²) in [5.74, 6) is 8.46. The fourth-order valence-electron chi connectivity index (χ4n) is 4.67. The smallest absolute Gasteiger partial charge is 0.229 e. The number of rotatable bonds is 6. The first-order valence-corrected chi connectivity index (χ1v) is 13.2. The summed E-state index contributed by atoms with van der Waals surface area (Å²) >= 11 is 0. The van der Waals surface area contributed by atoms with Gasteiger partial charge in [0.2, 0.25) is 5.95 Å². The number of imidazole rings is 1. The number of aromatic amines is 1. The molecule has 1 aliphatic rings. The van der Waals surface area contributed by atoms with E-state index in [1.807, 2.05) is 60.8 Å². The third-order valence-electron chi connectivity index (χ3n) is 6.68. The lowest BCUT2D eigenvalue weighted by molar-refractivity contribution is 0.462. The van der Waals surface area contributed by atoms with Crippen molar-refractivity contribution in [2.45, 2.75) is 38.1 Å². The van der Waals surface area contributed by atoms with Crippen molar-refractivity contribution in [3.05, 3.63) is 96.8 Å². The number of anilines is 3. The molecular weight excluding hydrogens is 484 g/mol. The van der Waals surface area contributed by atoms with E-state index in [-0.39, 0.29) is 0 Å². The molecule has 3 N–H and O–H groups in total. The summed E-state index contributed by atoms with van der Waals surface area (Å²) in [4.78, 5) is 25.7. The maximum absolute atomic E-state index is 4.85. The first-order chi connectivity index (χ1) is 19.3. The van der Waals surface area contributed by atoms with Crippen LogP contribution in [0.2, 0.25) is 0 Å². The Bertz CT molecular complexity index is 1580. The van der Waals surface area contributed by atoms with Crippen molar-refractivity contribution in [3.8, 4) is 34.5 Å². The second-order valence-corrected chi connectivity index (χ2v) is 9.47. The standard InChI is InChI=1S/C31H28N8/c1-2-6-24(7-3-1)37-30-27(28-8-4-5-16-33-28)21-36-31(39-30)38-25-12-9-22(10-13-25)11-14-26-20-23(15-17-32-26)29-34-18-19-35-29/h4-5,8-10,12-13,15-21,24H,1-3,6-7H2,(H,34,35)(H2,36,37,38,39). The molecule has 0 spiro atoms. The molecule has 192 valence electrons. The van der Waals surface area contributed by atoms with Gasteiger partial charge in [0.15, 0.2) is 0 Å². The molecule has 8 nitrogen and oxygen atoms in total. The van der Waals surface area contributed by atoms with Crippen molar-refractivity contribution < 1.29 is 0 Å². The first kappa shape index (κ1) is 24.3. The van der Waals surface area contributed by atoms with E-state index in [0.29, 0.717) is 17.7 Å². The van der Waals surface area contributed by atoms with E-state index < -0.39 is 0 Å². The molecule has 1 fully saturated rings. The van der Waals surface area contributed by atoms with E-state index in [4.69, 9.17) is 4.98 Å². The zero-order valence-corrected chi connectivity index (χ0v) is 21.4. The van der Waals surface area contributed by atoms with Crippen molar-refractivity contribution in [3.63, 3.8) is 0 Å². The van der Waals surface area contributed by atoms with E-state index in [2.05, 4.69) is 47.4 Å². The van der Waals surface area contributed by atoms with Crippen LogP contribution in [0.15, 0.2) is 85.6 Å². The fourth-order valence-corrected chi connectivity index (χ4v) is 4.67. The summed E-state index contributed by atoms with van der Waals surface area (Å²) in [5, 5.41) is 7.00. The Morgan fingerprint density at radius 1 is 0.821 bits per heavy atom. The summed E-state index contributed by atoms with van der Waals surface area (Å²) in [5.41, 5.74) is 5.16. The molecule has 0 unspecified atom stereocenters. The highest BCUT2D eigenvalue weighted by atomic mass is 15.2. The Balaban J connectivity index is 1.18. The highest BCUT2D eigenvalue weighted by Gasteiger charge is 2.17. The highest BCUT2D eigenvalue weighted by Crippen LogP contribution is 2.29. The number of hydrogen-bond acceptors (Lipinski definition) is 7. The van der Waals surface area contributed by atoms with Gasteiger partial charge in [0.25, 0.3) is 0 Å². The van der Waals surface area contributed by atoms with Crippen molar-refractivity contribution in [2.75, 3.05) is 10.6 Å². The summed E-state index contributed by atoms with van der Waals surface area (Å²) in [6, 6.07) is 18.0. The summed E-state index contributed by atoms with van der Waals surface area (Å²) in [7, 11) is 0. The van der Waals surface area contributed by atoms with Gasteiger partial charge in [0, 0.05) is 53.8 Å². The summed E-state index contributed by atoms with van der Waals surface area (Å²) in [6.07, 6.45) is 15.0. The summed E-state index contributed by atoms with van der Waals surface area (Å²) < 4.78 is 0. The molecule has 0 saturated heterocycles. The van der Waals surface area contributed by atoms with Crippen LogP contribution >= 0.6 is 0 Å². The molecule has 0 amide bonds. The maximum atomic E-state index is 4.85. The summed E-state index contributed by atoms with van der Waals surface area (Å²) in [6.45, 7) is 0. The van der Waals surface area contributed by atoms with E-state index in [9.17, 15) is 0 Å². The second kappa shape index (κ2) is 11.6. The molecule has 0 aliphatic heterocycles. The average Bonchev–Trinajstić information content (AvgIpc) is 3.54. The minimum absolute atomic E-state index is 0.413. The van der Waals surface area contributed by atoms with Gasteiger partial charge in [0.05, 0.1) is 11.3 Å². The predicted octanol–water partition coefficient (Wildman–Crippen LogP) is 6.21. The quantitative estimate of drug-likeness (QED) is 0.232. The van der Waals surface area contributed by atoms with Crippen LogP contribution in [0.3, 0.4) is 0 Å². The fraction of sp³-hybridized carbons (Fsp3) is 0.194. The maximum Gasteiger partial charge on any atom is 0.229 e. The van der Waals surface area contributed by atoms with E-state index in [1.54, 1.807) is 24.8 Å². The lowest BCUT2D eigenvalue weighted by Gasteiger charge is -2.24. The molecule has 1 aromatic carbocycles. The van der Waals surface area contributed by atoms with Crippen LogP contribution in [-0.2, 0) is 0 Å². The second-order valence-electron chi connectivity index (χ2n) is 9.47. The Morgan fingerprint density at radius 2 is 1.72 bits per heavy atom. The van der Waals surface area contributed by atoms with Crippen LogP contribution in [0.5, 0.6) is 0 Å². The molecule has 0 radical (unpaired) electrons. The molecule has 39 heavy (non-hydrogen) atoms. The van der Waals surface area contributed by atoms with Gasteiger partial charge in [-0.05, 0) is 67.3 Å². The van der Waals surface area contributed by atoms with Gasteiger partial charge in [-0.2, -0.15) is 4.98 Å². The van der Waals surface area contributed by atoms with Gasteiger partial charge < -0.3 is 15.6 Å². The number of hydrogen-bond donors (Lipinski definition) is 3. The number of pyridine rings is 2. The monoisotopic (exact) mass is 512 g/mol. The van der Waals surface area contributed by atoms with Crippen LogP contribution in [0.1, 0.15) is 43.4 Å². The molecule has 1 aliphatic carbocycles. The van der Waals surface area contributed by atoms with Crippen molar-refractivity contribution in [2.24, 2.45) is 0 Å². The largest absolute Gasteiger partial charge is 0.367 e. The van der Waals surface area contributed by atoms with E-state index in [0.717, 1.165) is 52.6 Å². The minimum atomic E-state index is 0.413. The van der Waals surface area contributed by atoms with Gasteiger partial charge in [-0.15, -0.1) is 0 Å². The van der Waals surface area contributed by atoms with Gasteiger partial charge in [0.1, 0.15) is 17.3 Å². The average molecular weight is 513 g/mol. The number of aromatic nitrogens is 6. The Labute approximate surface area is 227 Å². The van der Waals surface area contributed by atoms with Gasteiger partial charge in [-0.3, -0.25) is 4.98 Å². The molecule has 0 atom stereocenters. The van der Waals surface area contributed by atoms with Gasteiger partial charge in [-0.1, -0.05) is 31.2 Å². The lowest BCUT2D eigenvalue weighted by atomic mass is 9.95. The van der Waals surface area contributed by atoms with Gasteiger partial charge >= 0.3 is 0 Å². The Kier molecular flexibility index (Phi) is 7.21.